The van der Waals surface area contributed by atoms with E-state index in [-0.39, 0.29) is 17.0 Å². The molecule has 0 fully saturated rings. The molecule has 1 aromatic rings. The Bertz CT molecular complexity index is 349. The predicted octanol–water partition coefficient (Wildman–Crippen LogP) is 1.40. The van der Waals surface area contributed by atoms with Crippen molar-refractivity contribution >= 4 is 34.4 Å². The molecule has 0 aliphatic carbocycles. The monoisotopic (exact) mass is 227 g/mol. The zero-order chi connectivity index (χ0) is 7.84. The lowest BCUT2D eigenvalue weighted by atomic mass is 10.1. The number of carbonyl (C=O) groups is 2. The van der Waals surface area contributed by atoms with Gasteiger partial charge < -0.3 is 5.32 Å². The minimum Gasteiger partial charge on any atom is -0.318 e. The van der Waals surface area contributed by atoms with Gasteiger partial charge in [-0.3, -0.25) is 9.59 Å². The van der Waals surface area contributed by atoms with Crippen molar-refractivity contribution in [1.29, 1.82) is 0 Å². The van der Waals surface area contributed by atoms with E-state index in [2.05, 4.69) is 5.32 Å². The molecule has 12 heavy (non-hydrogen) atoms. The van der Waals surface area contributed by atoms with Crippen LogP contribution in [0.25, 0.3) is 0 Å². The van der Waals surface area contributed by atoms with Crippen LogP contribution in [0, 0.1) is 0 Å². The first-order chi connectivity index (χ1) is 5.29. The summed E-state index contributed by atoms with van der Waals surface area (Å²) in [5, 5.41) is 2.46. The molecule has 1 N–H and O–H groups in total. The summed E-state index contributed by atoms with van der Waals surface area (Å²) in [7, 11) is 0. The third kappa shape index (κ3) is 1.14. The lowest BCUT2D eigenvalue weighted by Gasteiger charge is -1.91. The van der Waals surface area contributed by atoms with Gasteiger partial charge in [0.05, 0.1) is 11.3 Å². The Hall–Kier alpha value is -1.16. The van der Waals surface area contributed by atoms with Crippen LogP contribution in [0.3, 0.4) is 0 Å². The Balaban J connectivity index is 0.000000720. The Morgan fingerprint density at radius 1 is 1.08 bits per heavy atom. The third-order valence-corrected chi connectivity index (χ3v) is 1.63. The quantitative estimate of drug-likeness (QED) is 0.682. The first kappa shape index (κ1) is 8.93. The van der Waals surface area contributed by atoms with Crippen LogP contribution in [0.5, 0.6) is 0 Å². The number of para-hydroxylation sites is 1. The highest BCUT2D eigenvalue weighted by Gasteiger charge is 2.26. The van der Waals surface area contributed by atoms with Crippen molar-refractivity contribution in [2.75, 3.05) is 5.32 Å². The number of ketones is 1. The number of Topliss-reactive ketones (excluding diaryl/α,β-unsaturated/α-hetero) is 1. The summed E-state index contributed by atoms with van der Waals surface area (Å²) < 4.78 is 0. The van der Waals surface area contributed by atoms with Crippen LogP contribution in [0.2, 0.25) is 0 Å². The second-order valence-corrected chi connectivity index (χ2v) is 2.33. The lowest BCUT2D eigenvalue weighted by molar-refractivity contribution is -0.112. The summed E-state index contributed by atoms with van der Waals surface area (Å²) in [6.07, 6.45) is 0. The van der Waals surface area contributed by atoms with Gasteiger partial charge in [-0.05, 0) is 12.1 Å². The zero-order valence-corrected chi connectivity index (χ0v) is 7.75. The molecule has 1 aliphatic rings. The summed E-state index contributed by atoms with van der Waals surface area (Å²) in [6.45, 7) is 0. The van der Waals surface area contributed by atoms with Crippen LogP contribution in [0.4, 0.5) is 5.69 Å². The second kappa shape index (κ2) is 3.06. The fourth-order valence-electron chi connectivity index (χ4n) is 1.09. The number of fused-ring (bicyclic) bond motifs is 1. The topological polar surface area (TPSA) is 46.2 Å². The largest absolute Gasteiger partial charge is 0.318 e. The summed E-state index contributed by atoms with van der Waals surface area (Å²) in [4.78, 5) is 21.8. The average molecular weight is 228 g/mol. The smallest absolute Gasteiger partial charge is 0.296 e. The molecule has 0 saturated carbocycles. The summed E-state index contributed by atoms with van der Waals surface area (Å²) in [6, 6.07) is 6.85. The van der Waals surface area contributed by atoms with Gasteiger partial charge in [0.2, 0.25) is 0 Å². The number of benzene rings is 1. The molecule has 4 heteroatoms. The van der Waals surface area contributed by atoms with Gasteiger partial charge in [0, 0.05) is 0 Å². The molecule has 0 unspecified atom stereocenters. The lowest BCUT2D eigenvalue weighted by Crippen LogP contribution is -2.12. The van der Waals surface area contributed by atoms with Crippen LogP contribution < -0.4 is 5.32 Å². The Morgan fingerprint density at radius 2 is 1.75 bits per heavy atom. The van der Waals surface area contributed by atoms with Crippen molar-refractivity contribution in [3.05, 3.63) is 29.8 Å². The number of nitrogens with one attached hydrogen (secondary N) is 1. The molecule has 0 spiro atoms. The molecular weight excluding hydrogens is 222 g/mol. The highest BCUT2D eigenvalue weighted by molar-refractivity contribution is 8.93. The molecule has 1 amide bonds. The Labute approximate surface area is 79.5 Å². The second-order valence-electron chi connectivity index (χ2n) is 2.33. The van der Waals surface area contributed by atoms with Crippen LogP contribution >= 0.6 is 17.0 Å². The first-order valence-electron chi connectivity index (χ1n) is 3.24. The van der Waals surface area contributed by atoms with E-state index in [0.29, 0.717) is 11.3 Å². The molecule has 1 heterocycles. The number of hydrogen-bond donors (Lipinski definition) is 1. The fraction of sp³-hybridized carbons (Fsp3) is 0. The number of carbonyl (C=O) groups excluding carboxylic acids is 2. The molecule has 0 atom stereocenters. The number of halogens is 1. The number of rotatable bonds is 0. The van der Waals surface area contributed by atoms with Gasteiger partial charge in [0.25, 0.3) is 11.7 Å². The number of amides is 1. The SMILES string of the molecule is Br.O=C1Nc2ccccc2C1=O. The normalized spacial score (nSPS) is 13.3. The van der Waals surface area contributed by atoms with E-state index >= 15 is 0 Å². The van der Waals surface area contributed by atoms with E-state index in [9.17, 15) is 9.59 Å². The number of anilines is 1. The molecular formula is C8H6BrNO2. The van der Waals surface area contributed by atoms with E-state index in [1.807, 2.05) is 0 Å². The predicted molar refractivity (Wildman–Crippen MR) is 49.7 cm³/mol. The van der Waals surface area contributed by atoms with Gasteiger partial charge in [0.1, 0.15) is 0 Å². The Kier molecular flexibility index (Phi) is 2.28. The van der Waals surface area contributed by atoms with Crippen LogP contribution in [0.1, 0.15) is 10.4 Å². The molecule has 0 saturated heterocycles. The summed E-state index contributed by atoms with van der Waals surface area (Å²) >= 11 is 0. The summed E-state index contributed by atoms with van der Waals surface area (Å²) in [5.74, 6) is -0.980. The van der Waals surface area contributed by atoms with Crippen molar-refractivity contribution in [2.24, 2.45) is 0 Å². The average Bonchev–Trinajstić information content (AvgIpc) is 2.30. The van der Waals surface area contributed by atoms with Crippen LogP contribution in [0.15, 0.2) is 24.3 Å². The first-order valence-corrected chi connectivity index (χ1v) is 3.24. The van der Waals surface area contributed by atoms with Crippen molar-refractivity contribution < 1.29 is 9.59 Å². The summed E-state index contributed by atoms with van der Waals surface area (Å²) in [5.41, 5.74) is 1.08. The van der Waals surface area contributed by atoms with Gasteiger partial charge in [-0.25, -0.2) is 0 Å². The maximum atomic E-state index is 11.0. The van der Waals surface area contributed by atoms with Crippen molar-refractivity contribution in [3.63, 3.8) is 0 Å². The molecule has 1 aromatic carbocycles. The van der Waals surface area contributed by atoms with E-state index in [1.54, 1.807) is 24.3 Å². The van der Waals surface area contributed by atoms with E-state index in [0.717, 1.165) is 0 Å². The maximum absolute atomic E-state index is 11.0. The highest BCUT2D eigenvalue weighted by atomic mass is 79.9. The minimum absolute atomic E-state index is 0. The molecule has 2 rings (SSSR count). The Morgan fingerprint density at radius 3 is 2.42 bits per heavy atom. The molecule has 62 valence electrons. The van der Waals surface area contributed by atoms with Crippen LogP contribution in [-0.4, -0.2) is 11.7 Å². The van der Waals surface area contributed by atoms with Crippen molar-refractivity contribution in [1.82, 2.24) is 0 Å². The standard InChI is InChI=1S/C8H5NO2.BrH/c10-7-5-3-1-2-4-6(5)9-8(7)11;/h1-4H,(H,9,10,11);1H. The molecule has 0 radical (unpaired) electrons. The fourth-order valence-corrected chi connectivity index (χ4v) is 1.09. The molecule has 0 bridgehead atoms. The van der Waals surface area contributed by atoms with Gasteiger partial charge in [-0.2, -0.15) is 0 Å². The maximum Gasteiger partial charge on any atom is 0.296 e. The van der Waals surface area contributed by atoms with Crippen LogP contribution in [-0.2, 0) is 4.79 Å². The highest BCUT2D eigenvalue weighted by Crippen LogP contribution is 2.21. The van der Waals surface area contributed by atoms with Gasteiger partial charge >= 0.3 is 0 Å². The molecule has 0 aromatic heterocycles. The minimum atomic E-state index is -0.536. The molecule has 3 nitrogen and oxygen atoms in total. The van der Waals surface area contributed by atoms with Gasteiger partial charge in [-0.15, -0.1) is 17.0 Å². The van der Waals surface area contributed by atoms with E-state index in [1.165, 1.54) is 0 Å². The van der Waals surface area contributed by atoms with Crippen molar-refractivity contribution in [3.8, 4) is 0 Å². The zero-order valence-electron chi connectivity index (χ0n) is 6.03. The van der Waals surface area contributed by atoms with E-state index < -0.39 is 11.7 Å². The van der Waals surface area contributed by atoms with Crippen molar-refractivity contribution in [2.45, 2.75) is 0 Å². The third-order valence-electron chi connectivity index (χ3n) is 1.63. The van der Waals surface area contributed by atoms with Gasteiger partial charge in [-0.1, -0.05) is 12.1 Å². The number of hydrogen-bond acceptors (Lipinski definition) is 2. The van der Waals surface area contributed by atoms with Gasteiger partial charge in [0.15, 0.2) is 0 Å². The van der Waals surface area contributed by atoms with E-state index in [4.69, 9.17) is 0 Å². The molecule has 1 aliphatic heterocycles.